The van der Waals surface area contributed by atoms with Crippen LogP contribution in [0.25, 0.3) is 21.8 Å². The third-order valence-electron chi connectivity index (χ3n) is 8.72. The second kappa shape index (κ2) is 82.1. The highest BCUT2D eigenvalue weighted by Gasteiger charge is 2.05. The predicted octanol–water partition coefficient (Wildman–Crippen LogP) is 21.1. The molecule has 9 aromatic heterocycles. The largest absolute Gasteiger partial charge is 0.344 e. The molecule has 0 bridgehead atoms. The van der Waals surface area contributed by atoms with Crippen molar-refractivity contribution in [2.75, 3.05) is 0 Å². The first kappa shape index (κ1) is 97.3. The third kappa shape index (κ3) is 60.7. The van der Waals surface area contributed by atoms with Crippen LogP contribution in [0.15, 0.2) is 209 Å². The summed E-state index contributed by atoms with van der Waals surface area (Å²) in [6.07, 6.45) is 28.7. The number of hydrogen-bond acceptors (Lipinski definition) is 14. The van der Waals surface area contributed by atoms with Crippen molar-refractivity contribution < 1.29 is 0 Å². The van der Waals surface area contributed by atoms with Gasteiger partial charge in [-0.3, -0.25) is 24.9 Å². The summed E-state index contributed by atoms with van der Waals surface area (Å²) >= 11 is 0. The molecule has 0 aliphatic carbocycles. The van der Waals surface area contributed by atoms with Gasteiger partial charge in [0.25, 0.3) is 0 Å². The normalized spacial score (nSPS) is 7.83. The van der Waals surface area contributed by atoms with Gasteiger partial charge in [-0.1, -0.05) is 187 Å². The highest BCUT2D eigenvalue weighted by Crippen LogP contribution is 2.27. The first-order chi connectivity index (χ1) is 44.0. The lowest BCUT2D eigenvalue weighted by molar-refractivity contribution is 0.974. The average molecular weight is 1230 g/mol. The van der Waals surface area contributed by atoms with Gasteiger partial charge in [0, 0.05) is 121 Å². The Morgan fingerprint density at radius 3 is 0.900 bits per heavy atom. The maximum absolute atomic E-state index is 3.98. The van der Waals surface area contributed by atoms with Gasteiger partial charge in [0.05, 0.1) is 5.69 Å². The molecule has 0 saturated heterocycles. The molecule has 0 amide bonds. The summed E-state index contributed by atoms with van der Waals surface area (Å²) in [4.78, 5) is 53.5. The van der Waals surface area contributed by atoms with E-state index >= 15 is 0 Å². The van der Waals surface area contributed by atoms with Crippen LogP contribution >= 0.6 is 0 Å². The summed E-state index contributed by atoms with van der Waals surface area (Å²) < 4.78 is 2.24. The Hall–Kier alpha value is -8.98. The Kier molecular flexibility index (Phi) is 88.7. The van der Waals surface area contributed by atoms with Crippen molar-refractivity contribution in [2.24, 2.45) is 7.05 Å². The highest BCUT2D eigenvalue weighted by molar-refractivity contribution is 6.07. The molecule has 0 unspecified atom stereocenters. The summed E-state index contributed by atoms with van der Waals surface area (Å²) in [6.45, 7) is 55.5. The number of benzene rings is 2. The molecule has 0 fully saturated rings. The lowest BCUT2D eigenvalue weighted by atomic mass is 10.2. The third-order valence-corrected chi connectivity index (χ3v) is 8.72. The van der Waals surface area contributed by atoms with E-state index in [1.54, 1.807) is 80.4 Å². The fourth-order valence-corrected chi connectivity index (χ4v) is 5.21. The minimum atomic E-state index is 0.759. The molecule has 0 atom stereocenters. The van der Waals surface area contributed by atoms with Gasteiger partial charge >= 0.3 is 0 Å². The molecule has 496 valence electrons. The fourth-order valence-electron chi connectivity index (χ4n) is 5.21. The summed E-state index contributed by atoms with van der Waals surface area (Å²) in [5.74, 6) is 1.58. The maximum Gasteiger partial charge on any atom is 0.128 e. The standard InChI is InChI=1S/C13H11N.3C6H7N.4C5H6N2.C4H5N3.10C2H6/c1-14-12-8-4-2-6-10(12)11-7-3-5-9-13(11)14;1-6-2-4-7-5-3-6;1-6-3-2-4-7-5-6;1-6-4-2-3-5-7-6;1-5-2-6-4-7-3-5;1-5-4-6-2-3-7-5;1-5-2-3-6-4-7-5;1-5-6-3-2-4-7-5;1-4-6-2-5-3-7-4;10*1-2/h2-9H,1H3;3*2-5H,1H3;4*2-4H,1H3;2-3H,1H3;10*1-2H3. The predicted molar refractivity (Wildman–Crippen MR) is 392 cm³/mol. The van der Waals surface area contributed by atoms with Crippen LogP contribution in [-0.2, 0) is 7.05 Å². The Labute approximate surface area is 548 Å². The van der Waals surface area contributed by atoms with Crippen LogP contribution in [0.5, 0.6) is 0 Å². The van der Waals surface area contributed by atoms with Gasteiger partial charge in [-0.05, 0) is 127 Å². The monoisotopic (exact) mass is 1230 g/mol. The van der Waals surface area contributed by atoms with Crippen molar-refractivity contribution in [3.8, 4) is 0 Å². The minimum Gasteiger partial charge on any atom is -0.344 e. The number of aromatic nitrogens is 15. The van der Waals surface area contributed by atoms with E-state index in [2.05, 4.69) is 130 Å². The zero-order chi connectivity index (χ0) is 70.4. The van der Waals surface area contributed by atoms with Crippen molar-refractivity contribution in [3.05, 3.63) is 254 Å². The maximum atomic E-state index is 3.98. The summed E-state index contributed by atoms with van der Waals surface area (Å²) in [7, 11) is 2.12. The first-order valence-electron chi connectivity index (χ1n) is 32.1. The molecule has 15 nitrogen and oxygen atoms in total. The van der Waals surface area contributed by atoms with E-state index in [1.165, 1.54) is 58.2 Å². The number of para-hydroxylation sites is 2. The van der Waals surface area contributed by atoms with E-state index < -0.39 is 0 Å². The van der Waals surface area contributed by atoms with Gasteiger partial charge < -0.3 is 4.57 Å². The number of aryl methyl sites for hydroxylation is 9. The first-order valence-corrected chi connectivity index (χ1v) is 32.1. The molecule has 0 radical (unpaired) electrons. The number of rotatable bonds is 0. The topological polar surface area (TPSA) is 185 Å². The van der Waals surface area contributed by atoms with Crippen LogP contribution in [0.4, 0.5) is 0 Å². The highest BCUT2D eigenvalue weighted by atomic mass is 15.0. The van der Waals surface area contributed by atoms with Crippen LogP contribution in [-0.4, -0.2) is 74.3 Å². The van der Waals surface area contributed by atoms with Crippen molar-refractivity contribution in [3.63, 3.8) is 0 Å². The summed E-state index contributed by atoms with van der Waals surface area (Å²) in [6, 6.07) is 34.4. The van der Waals surface area contributed by atoms with Crippen molar-refractivity contribution >= 4 is 21.8 Å². The molecule has 9 heterocycles. The molecule has 15 heteroatoms. The zero-order valence-corrected chi connectivity index (χ0v) is 61.3. The number of nitrogens with zero attached hydrogens (tertiary/aromatic N) is 15. The van der Waals surface area contributed by atoms with Crippen molar-refractivity contribution in [1.29, 1.82) is 0 Å². The molecular formula is C75H121N15. The number of hydrogen-bond donors (Lipinski definition) is 0. The molecule has 0 saturated carbocycles. The van der Waals surface area contributed by atoms with E-state index in [-0.39, 0.29) is 0 Å². The molecule has 11 aromatic rings. The number of fused-ring (bicyclic) bond motifs is 3. The quantitative estimate of drug-likeness (QED) is 0.140. The van der Waals surface area contributed by atoms with E-state index in [0.717, 1.165) is 34.3 Å². The second-order valence-electron chi connectivity index (χ2n) is 14.7. The Morgan fingerprint density at radius 2 is 0.644 bits per heavy atom. The van der Waals surface area contributed by atoms with Crippen molar-refractivity contribution in [2.45, 2.75) is 194 Å². The van der Waals surface area contributed by atoms with Gasteiger partial charge in [-0.25, -0.2) is 44.9 Å². The molecule has 0 aliphatic heterocycles. The SMILES string of the molecule is CC.CC.CC.CC.CC.CC.CC.CC.CC.CC.Cc1ccccn1.Cc1cccnc1.Cc1ccncc1.Cc1ccncn1.Cc1cnccn1.Cc1cncnc1.Cc1ncccn1.Cc1ncncn1.Cn1c2ccccc2c2ccccc21. The van der Waals surface area contributed by atoms with Gasteiger partial charge in [-0.2, -0.15) is 0 Å². The minimum absolute atomic E-state index is 0.759. The van der Waals surface area contributed by atoms with Gasteiger partial charge in [0.15, 0.2) is 0 Å². The zero-order valence-electron chi connectivity index (χ0n) is 61.3. The Bertz CT molecular complexity index is 2440. The average Bonchev–Trinajstić information content (AvgIpc) is 3.32. The van der Waals surface area contributed by atoms with Crippen LogP contribution in [0, 0.1) is 55.4 Å². The lowest BCUT2D eigenvalue weighted by Gasteiger charge is -1.95. The molecule has 0 N–H and O–H groups in total. The molecule has 11 rings (SSSR count). The van der Waals surface area contributed by atoms with Crippen LogP contribution in [0.2, 0.25) is 0 Å². The van der Waals surface area contributed by atoms with Crippen molar-refractivity contribution in [1.82, 2.24) is 74.3 Å². The summed E-state index contributed by atoms with van der Waals surface area (Å²) in [5, 5.41) is 2.68. The smallest absolute Gasteiger partial charge is 0.128 e. The Balaban J connectivity index is -0.000000137. The van der Waals surface area contributed by atoms with E-state index in [1.807, 2.05) is 249 Å². The van der Waals surface area contributed by atoms with E-state index in [9.17, 15) is 0 Å². The van der Waals surface area contributed by atoms with Gasteiger partial charge in [0.2, 0.25) is 0 Å². The second-order valence-corrected chi connectivity index (χ2v) is 14.7. The Morgan fingerprint density at radius 1 is 0.233 bits per heavy atom. The van der Waals surface area contributed by atoms with Crippen LogP contribution in [0.1, 0.15) is 184 Å². The molecular weight excluding hydrogens is 1110 g/mol. The fraction of sp³-hybridized carbons (Fsp3) is 0.387. The van der Waals surface area contributed by atoms with E-state index in [0.29, 0.717) is 0 Å². The molecule has 90 heavy (non-hydrogen) atoms. The van der Waals surface area contributed by atoms with Gasteiger partial charge in [-0.15, -0.1) is 0 Å². The van der Waals surface area contributed by atoms with Gasteiger partial charge in [0.1, 0.15) is 37.0 Å². The van der Waals surface area contributed by atoms with E-state index in [4.69, 9.17) is 0 Å². The number of pyridine rings is 3. The molecule has 0 aliphatic rings. The van der Waals surface area contributed by atoms with Crippen LogP contribution in [0.3, 0.4) is 0 Å². The molecule has 2 aromatic carbocycles. The summed E-state index contributed by atoms with van der Waals surface area (Å²) in [5.41, 5.74) is 9.21. The lowest BCUT2D eigenvalue weighted by Crippen LogP contribution is -1.84. The molecule has 0 spiro atoms. The van der Waals surface area contributed by atoms with Crippen LogP contribution < -0.4 is 0 Å².